The van der Waals surface area contributed by atoms with E-state index in [1.54, 1.807) is 37.6 Å². The Hall–Kier alpha value is -3.00. The van der Waals surface area contributed by atoms with Gasteiger partial charge in [-0.15, -0.1) is 0 Å². The van der Waals surface area contributed by atoms with Crippen LogP contribution in [0.5, 0.6) is 5.75 Å². The number of fused-ring (bicyclic) bond motifs is 4. The molecule has 1 saturated heterocycles. The largest absolute Gasteiger partial charge is 0.497 e. The molecular weight excluding hydrogens is 428 g/mol. The Kier molecular flexibility index (Phi) is 4.15. The van der Waals surface area contributed by atoms with Crippen LogP contribution in [0.25, 0.3) is 0 Å². The number of piperidine rings is 1. The number of sulfonamides is 1. The summed E-state index contributed by atoms with van der Waals surface area (Å²) in [6.07, 6.45) is 3.97. The van der Waals surface area contributed by atoms with Crippen LogP contribution >= 0.6 is 0 Å². The van der Waals surface area contributed by atoms with E-state index in [-0.39, 0.29) is 40.7 Å². The van der Waals surface area contributed by atoms with Crippen molar-refractivity contribution in [1.29, 1.82) is 0 Å². The minimum atomic E-state index is -3.73. The maximum atomic E-state index is 13.6. The Bertz CT molecular complexity index is 1240. The molecule has 0 bridgehead atoms. The van der Waals surface area contributed by atoms with Crippen molar-refractivity contribution in [3.05, 3.63) is 65.9 Å². The van der Waals surface area contributed by atoms with Crippen molar-refractivity contribution in [1.82, 2.24) is 4.90 Å². The quantitative estimate of drug-likeness (QED) is 0.716. The molecule has 0 spiro atoms. The van der Waals surface area contributed by atoms with Crippen LogP contribution in [0.1, 0.15) is 29.4 Å². The zero-order valence-electron chi connectivity index (χ0n) is 17.8. The lowest BCUT2D eigenvalue weighted by Gasteiger charge is -2.48. The normalized spacial score (nSPS) is 29.9. The first kappa shape index (κ1) is 19.7. The van der Waals surface area contributed by atoms with Gasteiger partial charge in [0, 0.05) is 31.5 Å². The zero-order chi connectivity index (χ0) is 22.2. The number of likely N-dealkylation sites (N-methyl/N-ethyl adjacent to an activating group) is 1. The number of amides is 1. The van der Waals surface area contributed by atoms with Gasteiger partial charge in [0.05, 0.1) is 29.9 Å². The summed E-state index contributed by atoms with van der Waals surface area (Å²) in [5, 5.41) is 0. The lowest BCUT2D eigenvalue weighted by atomic mass is 9.67. The second-order valence-corrected chi connectivity index (χ2v) is 10.8. The summed E-state index contributed by atoms with van der Waals surface area (Å²) in [4.78, 5) is 15.0. The molecule has 3 heterocycles. The van der Waals surface area contributed by atoms with E-state index in [1.807, 2.05) is 30.2 Å². The summed E-state index contributed by atoms with van der Waals surface area (Å²) < 4.78 is 39.8. The molecule has 166 valence electrons. The Morgan fingerprint density at radius 3 is 2.66 bits per heavy atom. The summed E-state index contributed by atoms with van der Waals surface area (Å²) in [6, 6.07) is 12.4. The van der Waals surface area contributed by atoms with Crippen LogP contribution in [0.2, 0.25) is 0 Å². The van der Waals surface area contributed by atoms with E-state index < -0.39 is 10.0 Å². The van der Waals surface area contributed by atoms with Crippen LogP contribution in [-0.4, -0.2) is 52.1 Å². The van der Waals surface area contributed by atoms with Gasteiger partial charge in [-0.3, -0.25) is 9.10 Å². The predicted molar refractivity (Wildman–Crippen MR) is 118 cm³/mol. The fourth-order valence-corrected chi connectivity index (χ4v) is 7.52. The molecule has 0 aromatic heterocycles. The number of hydrogen-bond acceptors (Lipinski definition) is 5. The molecular formula is C24H24N2O5S. The van der Waals surface area contributed by atoms with Gasteiger partial charge in [0.15, 0.2) is 0 Å². The van der Waals surface area contributed by atoms with Gasteiger partial charge >= 0.3 is 0 Å². The summed E-state index contributed by atoms with van der Waals surface area (Å²) in [5.41, 5.74) is 2.93. The van der Waals surface area contributed by atoms with Crippen molar-refractivity contribution in [2.45, 2.75) is 35.3 Å². The smallest absolute Gasteiger partial charge is 0.264 e. The molecule has 0 unspecified atom stereocenters. The lowest BCUT2D eigenvalue weighted by Crippen LogP contribution is -2.57. The van der Waals surface area contributed by atoms with Crippen LogP contribution in [0.4, 0.5) is 5.69 Å². The van der Waals surface area contributed by atoms with Gasteiger partial charge in [-0.05, 0) is 54.0 Å². The van der Waals surface area contributed by atoms with Crippen LogP contribution in [0.3, 0.4) is 0 Å². The van der Waals surface area contributed by atoms with E-state index >= 15 is 0 Å². The number of anilines is 1. The summed E-state index contributed by atoms with van der Waals surface area (Å²) in [5.74, 6) is 0.462. The topological polar surface area (TPSA) is 76.1 Å². The van der Waals surface area contributed by atoms with Crippen LogP contribution < -0.4 is 9.04 Å². The summed E-state index contributed by atoms with van der Waals surface area (Å²) >= 11 is 0. The highest BCUT2D eigenvalue weighted by atomic mass is 32.2. The fourth-order valence-electron chi connectivity index (χ4n) is 5.99. The molecule has 8 heteroatoms. The summed E-state index contributed by atoms with van der Waals surface area (Å²) in [7, 11) is -0.318. The highest BCUT2D eigenvalue weighted by Crippen LogP contribution is 2.54. The van der Waals surface area contributed by atoms with Gasteiger partial charge < -0.3 is 14.4 Å². The van der Waals surface area contributed by atoms with Gasteiger partial charge in [-0.25, -0.2) is 8.42 Å². The first-order valence-electron chi connectivity index (χ1n) is 10.8. The molecule has 3 aliphatic heterocycles. The van der Waals surface area contributed by atoms with Crippen molar-refractivity contribution in [3.63, 3.8) is 0 Å². The third-order valence-electron chi connectivity index (χ3n) is 7.49. The standard InChI is InChI=1S/C24H24N2O5S/c1-25-20-12-14-13-26(32(28,29)16-8-6-15(30-2)7-9-16)19-5-3-4-17(21(14)19)22(20)23-18(24(25)27)10-11-31-23/h3-11,14,18,20,22-23H,12-13H2,1-2H3/t14-,18+,20-,22-,23-/m1/s1. The van der Waals surface area contributed by atoms with Gasteiger partial charge in [0.25, 0.3) is 10.0 Å². The van der Waals surface area contributed by atoms with Crippen LogP contribution in [0, 0.1) is 5.92 Å². The van der Waals surface area contributed by atoms with Crippen molar-refractivity contribution in [3.8, 4) is 5.75 Å². The monoisotopic (exact) mass is 452 g/mol. The number of carbonyl (C=O) groups is 1. The molecule has 4 aliphatic rings. The van der Waals surface area contributed by atoms with E-state index in [0.29, 0.717) is 12.3 Å². The van der Waals surface area contributed by atoms with Crippen molar-refractivity contribution in [2.75, 3.05) is 25.0 Å². The third kappa shape index (κ3) is 2.53. The number of likely N-dealkylation sites (tertiary alicyclic amines) is 1. The number of rotatable bonds is 3. The molecule has 2 aromatic rings. The number of benzene rings is 2. The predicted octanol–water partition coefficient (Wildman–Crippen LogP) is 2.84. The first-order valence-corrected chi connectivity index (χ1v) is 12.2. The number of hydrogen-bond donors (Lipinski definition) is 0. The second-order valence-electron chi connectivity index (χ2n) is 8.92. The molecule has 0 saturated carbocycles. The average molecular weight is 453 g/mol. The summed E-state index contributed by atoms with van der Waals surface area (Å²) in [6.45, 7) is 0.374. The first-order chi connectivity index (χ1) is 15.4. The highest BCUT2D eigenvalue weighted by Gasteiger charge is 2.55. The Balaban J connectivity index is 1.44. The van der Waals surface area contributed by atoms with Crippen molar-refractivity contribution < 1.29 is 22.7 Å². The number of nitrogens with zero attached hydrogens (tertiary/aromatic N) is 2. The molecule has 1 amide bonds. The molecule has 32 heavy (non-hydrogen) atoms. The molecule has 0 N–H and O–H groups in total. The Morgan fingerprint density at radius 2 is 1.91 bits per heavy atom. The number of methoxy groups -OCH3 is 1. The average Bonchev–Trinajstić information content (AvgIpc) is 3.44. The van der Waals surface area contributed by atoms with E-state index in [1.165, 1.54) is 4.31 Å². The van der Waals surface area contributed by atoms with E-state index in [0.717, 1.165) is 23.2 Å². The number of carbonyl (C=O) groups excluding carboxylic acids is 1. The van der Waals surface area contributed by atoms with Crippen molar-refractivity contribution in [2.24, 2.45) is 5.92 Å². The van der Waals surface area contributed by atoms with E-state index in [2.05, 4.69) is 6.07 Å². The molecule has 1 fully saturated rings. The molecule has 6 rings (SSSR count). The Morgan fingerprint density at radius 1 is 1.12 bits per heavy atom. The zero-order valence-corrected chi connectivity index (χ0v) is 18.7. The Labute approximate surface area is 187 Å². The maximum absolute atomic E-state index is 13.6. The minimum absolute atomic E-state index is 0.0139. The molecule has 7 nitrogen and oxygen atoms in total. The number of ether oxygens (including phenoxy) is 2. The van der Waals surface area contributed by atoms with Gasteiger partial charge in [0.2, 0.25) is 5.91 Å². The fraction of sp³-hybridized carbons (Fsp3) is 0.375. The van der Waals surface area contributed by atoms with Crippen LogP contribution in [0.15, 0.2) is 59.7 Å². The van der Waals surface area contributed by atoms with Crippen molar-refractivity contribution >= 4 is 21.6 Å². The van der Waals surface area contributed by atoms with E-state index in [9.17, 15) is 13.2 Å². The van der Waals surface area contributed by atoms with E-state index in [4.69, 9.17) is 9.47 Å². The second kappa shape index (κ2) is 6.75. The third-order valence-corrected chi connectivity index (χ3v) is 9.28. The minimum Gasteiger partial charge on any atom is -0.497 e. The van der Waals surface area contributed by atoms with Crippen LogP contribution in [-0.2, 0) is 19.6 Å². The molecule has 1 aliphatic carbocycles. The van der Waals surface area contributed by atoms with Gasteiger partial charge in [-0.2, -0.15) is 0 Å². The maximum Gasteiger partial charge on any atom is 0.264 e. The SMILES string of the molecule is COc1ccc(S(=O)(=O)N2C[C@H]3C[C@@H]4[C@@H](c5cccc2c53)[C@@H]2OC=C[C@@H]2C(=O)N4C)cc1. The molecule has 0 radical (unpaired) electrons. The molecule has 5 atom stereocenters. The van der Waals surface area contributed by atoms with Gasteiger partial charge in [-0.1, -0.05) is 12.1 Å². The van der Waals surface area contributed by atoms with Gasteiger partial charge in [0.1, 0.15) is 11.9 Å². The lowest BCUT2D eigenvalue weighted by molar-refractivity contribution is -0.145. The highest BCUT2D eigenvalue weighted by molar-refractivity contribution is 7.92. The molecule has 2 aromatic carbocycles.